The first kappa shape index (κ1) is 17.6. The van der Waals surface area contributed by atoms with Gasteiger partial charge in [-0.1, -0.05) is 45.4 Å². The zero-order valence-electron chi connectivity index (χ0n) is 16.7. The molecular weight excluding hydrogens is 304 g/mol. The molecule has 0 saturated heterocycles. The largest absolute Gasteiger partial charge is 0.299 e. The van der Waals surface area contributed by atoms with Gasteiger partial charge in [-0.3, -0.25) is 4.79 Å². The van der Waals surface area contributed by atoms with Crippen LogP contribution in [0.2, 0.25) is 0 Å². The van der Waals surface area contributed by atoms with Gasteiger partial charge in [0.05, 0.1) is 0 Å². The predicted molar refractivity (Wildman–Crippen MR) is 104 cm³/mol. The molecule has 1 nitrogen and oxygen atoms in total. The summed E-state index contributed by atoms with van der Waals surface area (Å²) >= 11 is 0. The first-order valence-electron chi connectivity index (χ1n) is 10.7. The summed E-state index contributed by atoms with van der Waals surface area (Å²) in [6.45, 7) is 13.6. The fourth-order valence-electron chi connectivity index (χ4n) is 7.70. The number of hydrogen-bond acceptors (Lipinski definition) is 1. The van der Waals surface area contributed by atoms with Crippen LogP contribution in [-0.4, -0.2) is 5.78 Å². The second kappa shape index (κ2) is 5.83. The predicted octanol–water partition coefficient (Wildman–Crippen LogP) is 6.20. The van der Waals surface area contributed by atoms with Crippen LogP contribution in [0.25, 0.3) is 0 Å². The molecule has 0 aliphatic heterocycles. The van der Waals surface area contributed by atoms with Gasteiger partial charge in [0.1, 0.15) is 5.78 Å². The molecular formula is C24H36O. The fourth-order valence-corrected chi connectivity index (χ4v) is 7.70. The van der Waals surface area contributed by atoms with E-state index in [0.29, 0.717) is 23.0 Å². The van der Waals surface area contributed by atoms with E-state index in [1.165, 1.54) is 38.5 Å². The minimum absolute atomic E-state index is 0.204. The van der Waals surface area contributed by atoms with Gasteiger partial charge in [-0.15, -0.1) is 6.58 Å². The summed E-state index contributed by atoms with van der Waals surface area (Å²) < 4.78 is 0. The van der Waals surface area contributed by atoms with Crippen molar-refractivity contribution in [1.29, 1.82) is 0 Å². The summed E-state index contributed by atoms with van der Waals surface area (Å²) in [5, 5.41) is 0. The molecule has 0 spiro atoms. The Bertz CT molecular complexity index is 616. The van der Waals surface area contributed by atoms with Gasteiger partial charge >= 0.3 is 0 Å². The molecule has 0 heterocycles. The molecule has 3 fully saturated rings. The van der Waals surface area contributed by atoms with Crippen molar-refractivity contribution < 1.29 is 4.79 Å². The van der Waals surface area contributed by atoms with Crippen molar-refractivity contribution in [3.63, 3.8) is 0 Å². The number of ketones is 1. The van der Waals surface area contributed by atoms with E-state index >= 15 is 0 Å². The maximum atomic E-state index is 13.0. The van der Waals surface area contributed by atoms with E-state index in [0.717, 1.165) is 24.2 Å². The van der Waals surface area contributed by atoms with Gasteiger partial charge in [-0.2, -0.15) is 0 Å². The lowest BCUT2D eigenvalue weighted by molar-refractivity contribution is -0.123. The van der Waals surface area contributed by atoms with E-state index in [1.807, 2.05) is 6.08 Å². The standard InChI is InChI=1S/C24H36O/c1-6-16(3)22-21(25)14-20-18-8-7-17-13-15(2)9-11-23(17,4)19(18)10-12-24(20,22)5/h6-7,15-16,18-20,22H,1,8-14H2,2-5H3/t15?,16-,18-,19+,20+,22+,23+,24+/m1/s1. The quantitative estimate of drug-likeness (QED) is 0.547. The van der Waals surface area contributed by atoms with Crippen LogP contribution in [-0.2, 0) is 4.79 Å². The highest BCUT2D eigenvalue weighted by Gasteiger charge is 2.61. The Morgan fingerprint density at radius 3 is 2.68 bits per heavy atom. The zero-order chi connectivity index (χ0) is 18.0. The fraction of sp³-hybridized carbons (Fsp3) is 0.792. The third-order valence-electron chi connectivity index (χ3n) is 9.16. The van der Waals surface area contributed by atoms with Gasteiger partial charge in [0.2, 0.25) is 0 Å². The molecule has 4 aliphatic carbocycles. The van der Waals surface area contributed by atoms with Gasteiger partial charge in [-0.05, 0) is 78.9 Å². The minimum Gasteiger partial charge on any atom is -0.299 e. The number of allylic oxidation sites excluding steroid dienone is 3. The van der Waals surface area contributed by atoms with Crippen molar-refractivity contribution in [1.82, 2.24) is 0 Å². The van der Waals surface area contributed by atoms with E-state index in [1.54, 1.807) is 5.57 Å². The van der Waals surface area contributed by atoms with Crippen molar-refractivity contribution in [2.75, 3.05) is 0 Å². The maximum absolute atomic E-state index is 13.0. The molecule has 0 amide bonds. The lowest BCUT2D eigenvalue weighted by Gasteiger charge is -2.58. The van der Waals surface area contributed by atoms with Gasteiger partial charge in [0.15, 0.2) is 0 Å². The summed E-state index contributed by atoms with van der Waals surface area (Å²) in [6.07, 6.45) is 13.3. The van der Waals surface area contributed by atoms with E-state index in [2.05, 4.69) is 40.3 Å². The zero-order valence-corrected chi connectivity index (χ0v) is 16.7. The van der Waals surface area contributed by atoms with E-state index in [-0.39, 0.29) is 11.3 Å². The van der Waals surface area contributed by atoms with Crippen molar-refractivity contribution in [2.45, 2.75) is 72.6 Å². The van der Waals surface area contributed by atoms with Crippen molar-refractivity contribution in [2.24, 2.45) is 46.3 Å². The Labute approximate surface area is 154 Å². The molecule has 4 rings (SSSR count). The molecule has 8 atom stereocenters. The lowest BCUT2D eigenvalue weighted by atomic mass is 9.46. The second-order valence-corrected chi connectivity index (χ2v) is 10.4. The van der Waals surface area contributed by atoms with Crippen LogP contribution in [0.3, 0.4) is 0 Å². The summed E-state index contributed by atoms with van der Waals surface area (Å²) in [5.41, 5.74) is 2.38. The molecule has 0 aromatic heterocycles. The van der Waals surface area contributed by atoms with Gasteiger partial charge in [0, 0.05) is 12.3 Å². The van der Waals surface area contributed by atoms with Crippen molar-refractivity contribution in [3.05, 3.63) is 24.3 Å². The van der Waals surface area contributed by atoms with Crippen molar-refractivity contribution >= 4 is 5.78 Å². The molecule has 25 heavy (non-hydrogen) atoms. The SMILES string of the molecule is C=C[C@@H](C)[C@H]1C(=O)C[C@H]2[C@@H]3CC=C4CC(C)CC[C@]4(C)[C@H]3CC[C@]12C. The van der Waals surface area contributed by atoms with Gasteiger partial charge < -0.3 is 0 Å². The third-order valence-corrected chi connectivity index (χ3v) is 9.16. The average molecular weight is 341 g/mol. The average Bonchev–Trinajstić information content (AvgIpc) is 2.85. The van der Waals surface area contributed by atoms with E-state index in [9.17, 15) is 4.79 Å². The number of hydrogen-bond donors (Lipinski definition) is 0. The minimum atomic E-state index is 0.204. The molecule has 0 aromatic carbocycles. The first-order valence-corrected chi connectivity index (χ1v) is 10.7. The highest BCUT2D eigenvalue weighted by molar-refractivity contribution is 5.85. The van der Waals surface area contributed by atoms with Crippen LogP contribution in [0.5, 0.6) is 0 Å². The second-order valence-electron chi connectivity index (χ2n) is 10.4. The number of carbonyl (C=O) groups is 1. The smallest absolute Gasteiger partial charge is 0.137 e. The van der Waals surface area contributed by atoms with Crippen LogP contribution >= 0.6 is 0 Å². The van der Waals surface area contributed by atoms with Crippen LogP contribution in [0.4, 0.5) is 0 Å². The highest BCUT2D eigenvalue weighted by Crippen LogP contribution is 2.66. The number of carbonyl (C=O) groups excluding carboxylic acids is 1. The third kappa shape index (κ3) is 2.37. The maximum Gasteiger partial charge on any atom is 0.137 e. The molecule has 1 heteroatoms. The molecule has 0 N–H and O–H groups in total. The molecule has 1 unspecified atom stereocenters. The number of fused-ring (bicyclic) bond motifs is 5. The van der Waals surface area contributed by atoms with Gasteiger partial charge in [-0.25, -0.2) is 0 Å². The number of Topliss-reactive ketones (excluding diaryl/α,β-unsaturated/α-hetero) is 1. The van der Waals surface area contributed by atoms with Crippen LogP contribution in [0.1, 0.15) is 72.6 Å². The molecule has 0 bridgehead atoms. The van der Waals surface area contributed by atoms with Gasteiger partial charge in [0.25, 0.3) is 0 Å². The molecule has 4 aliphatic rings. The molecule has 3 saturated carbocycles. The van der Waals surface area contributed by atoms with Crippen molar-refractivity contribution in [3.8, 4) is 0 Å². The lowest BCUT2D eigenvalue weighted by Crippen LogP contribution is -2.50. The Morgan fingerprint density at radius 1 is 1.20 bits per heavy atom. The Kier molecular flexibility index (Phi) is 4.09. The van der Waals surface area contributed by atoms with E-state index in [4.69, 9.17) is 0 Å². The topological polar surface area (TPSA) is 17.1 Å². The van der Waals surface area contributed by atoms with E-state index < -0.39 is 0 Å². The van der Waals surface area contributed by atoms with Crippen LogP contribution in [0, 0.1) is 46.3 Å². The normalized spacial score (nSPS) is 50.3. The summed E-state index contributed by atoms with van der Waals surface area (Å²) in [6, 6.07) is 0. The monoisotopic (exact) mass is 340 g/mol. The highest BCUT2D eigenvalue weighted by atomic mass is 16.1. The Morgan fingerprint density at radius 2 is 1.96 bits per heavy atom. The molecule has 0 aromatic rings. The van der Waals surface area contributed by atoms with Crippen LogP contribution < -0.4 is 0 Å². The Balaban J connectivity index is 1.68. The molecule has 0 radical (unpaired) electrons. The summed E-state index contributed by atoms with van der Waals surface area (Å²) in [5.74, 6) is 4.05. The Hall–Kier alpha value is -0.850. The first-order chi connectivity index (χ1) is 11.8. The summed E-state index contributed by atoms with van der Waals surface area (Å²) in [4.78, 5) is 13.0. The molecule has 138 valence electrons. The summed E-state index contributed by atoms with van der Waals surface area (Å²) in [7, 11) is 0. The van der Waals surface area contributed by atoms with Crippen LogP contribution in [0.15, 0.2) is 24.3 Å². The number of rotatable bonds is 2.